The van der Waals surface area contributed by atoms with Crippen LogP contribution in [-0.2, 0) is 9.53 Å². The topological polar surface area (TPSA) is 124 Å². The molecule has 0 bridgehead atoms. The molecule has 0 aliphatic carbocycles. The van der Waals surface area contributed by atoms with E-state index >= 15 is 0 Å². The number of hydrogen-bond donors (Lipinski definition) is 2. The zero-order valence-electron chi connectivity index (χ0n) is 22.2. The molecule has 10 nitrogen and oxygen atoms in total. The van der Waals surface area contributed by atoms with Crippen LogP contribution in [0.2, 0.25) is 0 Å². The minimum absolute atomic E-state index is 0.00216. The second-order valence-corrected chi connectivity index (χ2v) is 9.35. The number of hydrogen-bond acceptors (Lipinski definition) is 8. The highest BCUT2D eigenvalue weighted by Gasteiger charge is 2.17. The van der Waals surface area contributed by atoms with E-state index in [-0.39, 0.29) is 6.23 Å². The maximum Gasteiger partial charge on any atom is 0.341 e. The Bertz CT molecular complexity index is 1520. The van der Waals surface area contributed by atoms with Gasteiger partial charge in [0.05, 0.1) is 11.9 Å². The summed E-state index contributed by atoms with van der Waals surface area (Å²) in [6.07, 6.45) is 10.5. The van der Waals surface area contributed by atoms with E-state index in [0.29, 0.717) is 28.6 Å². The Labute approximate surface area is 232 Å². The van der Waals surface area contributed by atoms with Crippen molar-refractivity contribution in [2.45, 2.75) is 32.4 Å². The van der Waals surface area contributed by atoms with Gasteiger partial charge in [0.2, 0.25) is 0 Å². The molecule has 1 atom stereocenters. The number of nitrogens with one attached hydrogen (secondary N) is 1. The maximum atomic E-state index is 10.9. The van der Waals surface area contributed by atoms with Gasteiger partial charge in [-0.05, 0) is 68.8 Å². The lowest BCUT2D eigenvalue weighted by molar-refractivity contribution is -0.139. The minimum atomic E-state index is -1.05. The lowest BCUT2D eigenvalue weighted by atomic mass is 10.1. The molecule has 1 unspecified atom stereocenters. The number of anilines is 2. The Balaban J connectivity index is 1.39. The van der Waals surface area contributed by atoms with Crippen molar-refractivity contribution < 1.29 is 19.4 Å². The van der Waals surface area contributed by atoms with E-state index in [1.807, 2.05) is 54.3 Å². The summed E-state index contributed by atoms with van der Waals surface area (Å²) >= 11 is 0. The van der Waals surface area contributed by atoms with Gasteiger partial charge in [-0.2, -0.15) is 5.10 Å². The Morgan fingerprint density at radius 3 is 2.80 bits per heavy atom. The van der Waals surface area contributed by atoms with Crippen molar-refractivity contribution in [3.05, 3.63) is 78.4 Å². The van der Waals surface area contributed by atoms with Crippen molar-refractivity contribution in [1.29, 1.82) is 0 Å². The molecular weight excluding hydrogens is 508 g/mol. The van der Waals surface area contributed by atoms with Gasteiger partial charge in [-0.25, -0.2) is 19.4 Å². The van der Waals surface area contributed by atoms with Crippen LogP contribution in [0.4, 0.5) is 11.5 Å². The zero-order valence-corrected chi connectivity index (χ0v) is 22.2. The zero-order chi connectivity index (χ0) is 27.9. The fourth-order valence-corrected chi connectivity index (χ4v) is 4.40. The van der Waals surface area contributed by atoms with Gasteiger partial charge >= 0.3 is 5.97 Å². The van der Waals surface area contributed by atoms with E-state index in [4.69, 9.17) is 24.5 Å². The van der Waals surface area contributed by atoms with Crippen molar-refractivity contribution in [3.63, 3.8) is 0 Å². The van der Waals surface area contributed by atoms with Crippen LogP contribution in [0.3, 0.4) is 0 Å². The third-order valence-electron chi connectivity index (χ3n) is 6.51. The molecule has 3 heterocycles. The van der Waals surface area contributed by atoms with Crippen molar-refractivity contribution in [2.75, 3.05) is 18.5 Å². The highest BCUT2D eigenvalue weighted by molar-refractivity contribution is 5.72. The molecule has 0 amide bonds. The van der Waals surface area contributed by atoms with Gasteiger partial charge in [0.1, 0.15) is 17.8 Å². The Morgan fingerprint density at radius 2 is 2.05 bits per heavy atom. The SMILES string of the molecule is C=N/C=C\c1nc(-c2cccc(OCC(=O)O)c2)nc(Nc2ccc(-c3cnn(C4CCCCO4)c3)cc2)c1C. The summed E-state index contributed by atoms with van der Waals surface area (Å²) in [7, 11) is 0. The molecule has 1 aliphatic heterocycles. The van der Waals surface area contributed by atoms with Crippen LogP contribution in [-0.4, -0.2) is 50.8 Å². The fraction of sp³-hybridized carbons (Fsp3) is 0.233. The van der Waals surface area contributed by atoms with Crippen molar-refractivity contribution in [3.8, 4) is 28.3 Å². The lowest BCUT2D eigenvalue weighted by Gasteiger charge is -2.22. The fourth-order valence-electron chi connectivity index (χ4n) is 4.40. The summed E-state index contributed by atoms with van der Waals surface area (Å²) in [5.41, 5.74) is 5.11. The van der Waals surface area contributed by atoms with E-state index in [2.05, 4.69) is 22.1 Å². The third-order valence-corrected chi connectivity index (χ3v) is 6.51. The molecule has 4 aromatic rings. The lowest BCUT2D eigenvalue weighted by Crippen LogP contribution is -2.18. The van der Waals surface area contributed by atoms with Crippen molar-refractivity contribution in [2.24, 2.45) is 4.99 Å². The number of rotatable bonds is 10. The summed E-state index contributed by atoms with van der Waals surface area (Å²) in [5, 5.41) is 16.9. The Kier molecular flexibility index (Phi) is 8.26. The van der Waals surface area contributed by atoms with Gasteiger partial charge in [-0.15, -0.1) is 0 Å². The van der Waals surface area contributed by atoms with E-state index in [0.717, 1.165) is 48.2 Å². The third kappa shape index (κ3) is 6.41. The van der Waals surface area contributed by atoms with Crippen molar-refractivity contribution >= 4 is 30.3 Å². The summed E-state index contributed by atoms with van der Waals surface area (Å²) in [6, 6.07) is 15.1. The summed E-state index contributed by atoms with van der Waals surface area (Å²) in [6.45, 7) is 5.78. The summed E-state index contributed by atoms with van der Waals surface area (Å²) in [5.74, 6) is 0.440. The van der Waals surface area contributed by atoms with Crippen LogP contribution in [0.25, 0.3) is 28.6 Å². The van der Waals surface area contributed by atoms with Gasteiger partial charge in [0.25, 0.3) is 0 Å². The number of aliphatic carboxylic acids is 1. The van der Waals surface area contributed by atoms with Gasteiger partial charge < -0.3 is 19.9 Å². The predicted molar refractivity (Wildman–Crippen MR) is 154 cm³/mol. The maximum absolute atomic E-state index is 10.9. The van der Waals surface area contributed by atoms with E-state index < -0.39 is 12.6 Å². The molecule has 1 saturated heterocycles. The first-order chi connectivity index (χ1) is 19.5. The number of benzene rings is 2. The Hall–Kier alpha value is -4.83. The van der Waals surface area contributed by atoms with Gasteiger partial charge in [-0.1, -0.05) is 24.3 Å². The quantitative estimate of drug-likeness (QED) is 0.240. The number of carbonyl (C=O) groups is 1. The molecular formula is C30H30N6O4. The summed E-state index contributed by atoms with van der Waals surface area (Å²) in [4.78, 5) is 24.2. The second kappa shape index (κ2) is 12.4. The largest absolute Gasteiger partial charge is 0.482 e. The smallest absolute Gasteiger partial charge is 0.341 e. The predicted octanol–water partition coefficient (Wildman–Crippen LogP) is 5.89. The standard InChI is InChI=1S/C30H30N6O4/c1-20-26(13-14-31-2)34-30(22-6-5-7-25(16-22)40-19-28(37)38)35-29(20)33-24-11-9-21(10-12-24)23-17-32-36(18-23)27-8-3-4-15-39-27/h5-7,9-14,16-18,27H,2-4,8,15,19H2,1H3,(H,37,38)(H,33,34,35)/b14-13-. The first-order valence-corrected chi connectivity index (χ1v) is 13.0. The molecule has 1 aliphatic rings. The second-order valence-electron chi connectivity index (χ2n) is 9.35. The van der Waals surface area contributed by atoms with Crippen LogP contribution in [0.1, 0.15) is 36.7 Å². The number of ether oxygens (including phenoxy) is 2. The minimum Gasteiger partial charge on any atom is -0.482 e. The highest BCUT2D eigenvalue weighted by atomic mass is 16.5. The number of aliphatic imine (C=N–C) groups is 1. The van der Waals surface area contributed by atoms with Crippen LogP contribution >= 0.6 is 0 Å². The normalized spacial score (nSPS) is 15.2. The molecule has 10 heteroatoms. The van der Waals surface area contributed by atoms with Crippen LogP contribution < -0.4 is 10.1 Å². The molecule has 0 radical (unpaired) electrons. The van der Waals surface area contributed by atoms with Gasteiger partial charge in [0, 0.05) is 41.4 Å². The first kappa shape index (κ1) is 26.8. The van der Waals surface area contributed by atoms with Gasteiger partial charge in [-0.3, -0.25) is 4.99 Å². The molecule has 1 fully saturated rings. The molecule has 2 aromatic carbocycles. The number of aromatic nitrogens is 4. The van der Waals surface area contributed by atoms with Crippen LogP contribution in [0, 0.1) is 6.92 Å². The summed E-state index contributed by atoms with van der Waals surface area (Å²) < 4.78 is 13.1. The molecule has 5 rings (SSSR count). The molecule has 40 heavy (non-hydrogen) atoms. The molecule has 0 saturated carbocycles. The molecule has 2 aromatic heterocycles. The van der Waals surface area contributed by atoms with Crippen LogP contribution in [0.5, 0.6) is 5.75 Å². The molecule has 204 valence electrons. The molecule has 2 N–H and O–H groups in total. The number of nitrogens with zero attached hydrogens (tertiary/aromatic N) is 5. The average Bonchev–Trinajstić information content (AvgIpc) is 3.48. The van der Waals surface area contributed by atoms with E-state index in [1.54, 1.807) is 30.5 Å². The highest BCUT2D eigenvalue weighted by Crippen LogP contribution is 2.30. The average molecular weight is 539 g/mol. The Morgan fingerprint density at radius 1 is 1.20 bits per heavy atom. The first-order valence-electron chi connectivity index (χ1n) is 13.0. The monoisotopic (exact) mass is 538 g/mol. The van der Waals surface area contributed by atoms with Crippen molar-refractivity contribution in [1.82, 2.24) is 19.7 Å². The number of carboxylic acids is 1. The van der Waals surface area contributed by atoms with Crippen LogP contribution in [0.15, 0.2) is 72.1 Å². The van der Waals surface area contributed by atoms with Gasteiger partial charge in [0.15, 0.2) is 12.4 Å². The molecule has 0 spiro atoms. The van der Waals surface area contributed by atoms with E-state index in [9.17, 15) is 4.79 Å². The van der Waals surface area contributed by atoms with E-state index in [1.165, 1.54) is 0 Å². The number of carboxylic acid groups (broad SMARTS) is 1.